The highest BCUT2D eigenvalue weighted by atomic mass is 35.5. The summed E-state index contributed by atoms with van der Waals surface area (Å²) in [7, 11) is 5.58. The van der Waals surface area contributed by atoms with E-state index >= 15 is 0 Å². The molecule has 294 valence electrons. The number of benzene rings is 3. The second kappa shape index (κ2) is 15.6. The standard InChI is InChI=1S/C41H46Cl2N8O5/c1-47(26-16-18-49(19-17-26)32-8-5-9-33-38(32)48(2)41(55)51(33)34-14-15-36(52)45-40(34)54)22-24-10-12-27(13-11-24)50-23-25-20-31(35(56-3)21-30(25)46-50)44-39(53)28-6-4-7-29(42)37(28)43/h4-9,20-21,23-24,26-27,34H,10-19,22H2,1-3H3,(H,44,53)(H,45,52,54). The van der Waals surface area contributed by atoms with E-state index in [1.54, 1.807) is 41.5 Å². The molecule has 3 aromatic carbocycles. The van der Waals surface area contributed by atoms with Gasteiger partial charge in [0.05, 0.1) is 56.7 Å². The Morgan fingerprint density at radius 1 is 1.00 bits per heavy atom. The van der Waals surface area contributed by atoms with Crippen LogP contribution < -0.4 is 26.0 Å². The molecule has 3 amide bonds. The lowest BCUT2D eigenvalue weighted by atomic mass is 9.85. The zero-order chi connectivity index (χ0) is 39.2. The first kappa shape index (κ1) is 38.0. The molecular formula is C41H46Cl2N8O5. The first-order valence-corrected chi connectivity index (χ1v) is 20.1. The van der Waals surface area contributed by atoms with Crippen molar-refractivity contribution in [1.82, 2.24) is 29.1 Å². The van der Waals surface area contributed by atoms with Crippen LogP contribution in [0.5, 0.6) is 5.75 Å². The summed E-state index contributed by atoms with van der Waals surface area (Å²) in [6.07, 6.45) is 8.95. The fourth-order valence-corrected chi connectivity index (χ4v) is 9.38. The highest BCUT2D eigenvalue weighted by Crippen LogP contribution is 2.37. The molecule has 2 saturated heterocycles. The number of aryl methyl sites for hydroxylation is 1. The molecule has 3 aliphatic rings. The van der Waals surface area contributed by atoms with Gasteiger partial charge in [0.15, 0.2) is 0 Å². The van der Waals surface area contributed by atoms with Gasteiger partial charge in [-0.25, -0.2) is 4.79 Å². The van der Waals surface area contributed by atoms with Crippen LogP contribution in [0.4, 0.5) is 11.4 Å². The molecule has 0 radical (unpaired) electrons. The number of imidazole rings is 1. The lowest BCUT2D eigenvalue weighted by molar-refractivity contribution is -0.135. The Hall–Kier alpha value is -4.85. The van der Waals surface area contributed by atoms with Crippen molar-refractivity contribution in [2.75, 3.05) is 44.0 Å². The number of nitrogens with zero attached hydrogens (tertiary/aromatic N) is 6. The number of fused-ring (bicyclic) bond motifs is 2. The zero-order valence-corrected chi connectivity index (χ0v) is 33.3. The minimum Gasteiger partial charge on any atom is -0.494 e. The van der Waals surface area contributed by atoms with Crippen LogP contribution in [-0.2, 0) is 16.6 Å². The number of carbonyl (C=O) groups excluding carboxylic acids is 3. The van der Waals surface area contributed by atoms with Gasteiger partial charge in [-0.1, -0.05) is 35.3 Å². The minimum absolute atomic E-state index is 0.202. The fourth-order valence-electron chi connectivity index (χ4n) is 8.99. The number of para-hydroxylation sites is 1. The summed E-state index contributed by atoms with van der Waals surface area (Å²) in [5.41, 5.74) is 3.92. The van der Waals surface area contributed by atoms with Crippen LogP contribution >= 0.6 is 23.2 Å². The smallest absolute Gasteiger partial charge is 0.329 e. The zero-order valence-electron chi connectivity index (χ0n) is 31.8. The van der Waals surface area contributed by atoms with Gasteiger partial charge in [-0.2, -0.15) is 5.10 Å². The number of piperidine rings is 2. The van der Waals surface area contributed by atoms with Crippen LogP contribution in [0, 0.1) is 5.92 Å². The second-order valence-electron chi connectivity index (χ2n) is 15.4. The highest BCUT2D eigenvalue weighted by Gasteiger charge is 2.33. The molecule has 5 aromatic rings. The monoisotopic (exact) mass is 800 g/mol. The van der Waals surface area contributed by atoms with Crippen molar-refractivity contribution < 1.29 is 19.1 Å². The third-order valence-corrected chi connectivity index (χ3v) is 12.9. The summed E-state index contributed by atoms with van der Waals surface area (Å²) in [6.45, 7) is 2.79. The van der Waals surface area contributed by atoms with E-state index in [4.69, 9.17) is 33.0 Å². The molecule has 0 spiro atoms. The number of methoxy groups -OCH3 is 1. The van der Waals surface area contributed by atoms with E-state index in [0.29, 0.717) is 40.9 Å². The Morgan fingerprint density at radius 3 is 2.48 bits per heavy atom. The molecule has 1 saturated carbocycles. The van der Waals surface area contributed by atoms with Crippen molar-refractivity contribution in [3.63, 3.8) is 0 Å². The number of imide groups is 1. The van der Waals surface area contributed by atoms with Crippen LogP contribution in [0.1, 0.15) is 73.8 Å². The van der Waals surface area contributed by atoms with Crippen LogP contribution in [0.15, 0.2) is 59.5 Å². The third kappa shape index (κ3) is 7.16. The van der Waals surface area contributed by atoms with E-state index in [0.717, 1.165) is 85.8 Å². The maximum atomic E-state index is 13.5. The number of hydrogen-bond donors (Lipinski definition) is 2. The van der Waals surface area contributed by atoms with Gasteiger partial charge in [0.2, 0.25) is 11.8 Å². The molecule has 13 nitrogen and oxygen atoms in total. The number of carbonyl (C=O) groups is 3. The predicted octanol–water partition coefficient (Wildman–Crippen LogP) is 6.57. The number of nitrogens with one attached hydrogen (secondary N) is 2. The van der Waals surface area contributed by atoms with Crippen molar-refractivity contribution in [2.24, 2.45) is 13.0 Å². The van der Waals surface area contributed by atoms with Crippen LogP contribution in [0.25, 0.3) is 21.9 Å². The van der Waals surface area contributed by atoms with Gasteiger partial charge in [-0.15, -0.1) is 0 Å². The van der Waals surface area contributed by atoms with Gasteiger partial charge in [0.1, 0.15) is 11.8 Å². The number of hydrogen-bond acceptors (Lipinski definition) is 8. The molecule has 1 unspecified atom stereocenters. The predicted molar refractivity (Wildman–Crippen MR) is 218 cm³/mol. The van der Waals surface area contributed by atoms with Crippen molar-refractivity contribution in [1.29, 1.82) is 0 Å². The Morgan fingerprint density at radius 2 is 1.75 bits per heavy atom. The number of amides is 3. The molecule has 8 rings (SSSR count). The molecule has 2 aromatic heterocycles. The van der Waals surface area contributed by atoms with Crippen LogP contribution in [0.2, 0.25) is 10.0 Å². The first-order valence-electron chi connectivity index (χ1n) is 19.3. The maximum absolute atomic E-state index is 13.5. The summed E-state index contributed by atoms with van der Waals surface area (Å²) >= 11 is 12.4. The number of aromatic nitrogens is 4. The number of anilines is 2. The normalized spacial score (nSPS) is 20.9. The lowest BCUT2D eigenvalue weighted by Crippen LogP contribution is -2.45. The summed E-state index contributed by atoms with van der Waals surface area (Å²) in [6, 6.07) is 14.7. The van der Waals surface area contributed by atoms with Gasteiger partial charge in [0.25, 0.3) is 5.91 Å². The molecule has 1 atom stereocenters. The summed E-state index contributed by atoms with van der Waals surface area (Å²) in [5.74, 6) is 0.0251. The lowest BCUT2D eigenvalue weighted by Gasteiger charge is -2.40. The fraction of sp³-hybridized carbons (Fsp3) is 0.439. The molecule has 4 heterocycles. The number of rotatable bonds is 9. The minimum atomic E-state index is -0.701. The Kier molecular flexibility index (Phi) is 10.6. The van der Waals surface area contributed by atoms with E-state index < -0.39 is 11.9 Å². The van der Waals surface area contributed by atoms with Crippen molar-refractivity contribution in [3.8, 4) is 5.75 Å². The average Bonchev–Trinajstić information content (AvgIpc) is 3.73. The van der Waals surface area contributed by atoms with E-state index in [9.17, 15) is 19.2 Å². The van der Waals surface area contributed by atoms with Crippen LogP contribution in [-0.4, -0.2) is 81.4 Å². The Bertz CT molecular complexity index is 2390. The van der Waals surface area contributed by atoms with Crippen molar-refractivity contribution in [2.45, 2.75) is 69.5 Å². The van der Waals surface area contributed by atoms with Gasteiger partial charge < -0.3 is 19.9 Å². The molecule has 1 aliphatic carbocycles. The number of ether oxygens (including phenoxy) is 1. The van der Waals surface area contributed by atoms with E-state index in [2.05, 4.69) is 44.4 Å². The van der Waals surface area contributed by atoms with Crippen LogP contribution in [0.3, 0.4) is 0 Å². The molecule has 56 heavy (non-hydrogen) atoms. The second-order valence-corrected chi connectivity index (χ2v) is 16.2. The average molecular weight is 802 g/mol. The molecule has 0 bridgehead atoms. The summed E-state index contributed by atoms with van der Waals surface area (Å²) < 4.78 is 10.9. The maximum Gasteiger partial charge on any atom is 0.329 e. The quantitative estimate of drug-likeness (QED) is 0.160. The number of halogens is 2. The van der Waals surface area contributed by atoms with Gasteiger partial charge >= 0.3 is 5.69 Å². The van der Waals surface area contributed by atoms with Gasteiger partial charge in [-0.05, 0) is 88.2 Å². The summed E-state index contributed by atoms with van der Waals surface area (Å²) in [4.78, 5) is 55.9. The molecule has 2 aliphatic heterocycles. The van der Waals surface area contributed by atoms with Crippen molar-refractivity contribution in [3.05, 3.63) is 80.8 Å². The van der Waals surface area contributed by atoms with Gasteiger partial charge in [-0.3, -0.25) is 33.5 Å². The third-order valence-electron chi connectivity index (χ3n) is 12.1. The van der Waals surface area contributed by atoms with E-state index in [-0.39, 0.29) is 34.5 Å². The highest BCUT2D eigenvalue weighted by molar-refractivity contribution is 6.44. The molecule has 15 heteroatoms. The topological polar surface area (TPSA) is 136 Å². The van der Waals surface area contributed by atoms with Gasteiger partial charge in [0, 0.05) is 56.8 Å². The Balaban J connectivity index is 0.870. The molecule has 2 N–H and O–H groups in total. The first-order chi connectivity index (χ1) is 27.0. The SMILES string of the molecule is COc1cc2nn(C3CCC(CN(C)C4CCN(c5cccc6c5n(C)c(=O)n6C5CCC(=O)NC5=O)CC4)CC3)cc2cc1NC(=O)c1cccc(Cl)c1Cl. The van der Waals surface area contributed by atoms with E-state index in [1.807, 2.05) is 24.3 Å². The Labute approximate surface area is 334 Å². The van der Waals surface area contributed by atoms with Crippen molar-refractivity contribution >= 4 is 74.2 Å². The molecule has 3 fully saturated rings. The largest absolute Gasteiger partial charge is 0.494 e. The summed E-state index contributed by atoms with van der Waals surface area (Å²) in [5, 5.41) is 11.7. The van der Waals surface area contributed by atoms with E-state index in [1.165, 1.54) is 0 Å². The molecular weight excluding hydrogens is 755 g/mol.